The first-order valence-electron chi connectivity index (χ1n) is 5.89. The number of hydrogen-bond donors (Lipinski definition) is 1. The van der Waals surface area contributed by atoms with Crippen LogP contribution in [0.3, 0.4) is 0 Å². The van der Waals surface area contributed by atoms with Gasteiger partial charge in [0.15, 0.2) is 0 Å². The topological polar surface area (TPSA) is 12.0 Å². The van der Waals surface area contributed by atoms with Gasteiger partial charge in [0.05, 0.1) is 0 Å². The largest absolute Gasteiger partial charge is 0.385 e. The van der Waals surface area contributed by atoms with Crippen LogP contribution in [0.4, 0.5) is 14.5 Å². The Bertz CT molecular complexity index is 477. The lowest BCUT2D eigenvalue weighted by atomic mass is 10.1. The van der Waals surface area contributed by atoms with Crippen LogP contribution in [0.25, 0.3) is 0 Å². The predicted octanol–water partition coefficient (Wildman–Crippen LogP) is 3.81. The van der Waals surface area contributed by atoms with E-state index in [0.717, 1.165) is 24.7 Å². The third-order valence-corrected chi connectivity index (χ3v) is 2.61. The third kappa shape index (κ3) is 3.84. The molecule has 0 amide bonds. The van der Waals surface area contributed by atoms with Gasteiger partial charge in [0.1, 0.15) is 11.6 Å². The van der Waals surface area contributed by atoms with E-state index >= 15 is 0 Å². The number of halogens is 2. The van der Waals surface area contributed by atoms with Crippen molar-refractivity contribution in [3.8, 4) is 0 Å². The van der Waals surface area contributed by atoms with Crippen LogP contribution in [0, 0.1) is 17.7 Å². The second-order valence-electron chi connectivity index (χ2n) is 4.10. The Morgan fingerprint density at radius 2 is 1.67 bits per heavy atom. The number of nitrogens with one attached hydrogen (secondary N) is 1. The molecule has 2 aromatic carbocycles. The molecule has 2 rings (SSSR count). The average molecular weight is 246 g/mol. The fourth-order valence-corrected chi connectivity index (χ4v) is 1.79. The zero-order valence-corrected chi connectivity index (χ0v) is 9.92. The molecule has 0 aromatic heterocycles. The van der Waals surface area contributed by atoms with Crippen molar-refractivity contribution in [1.29, 1.82) is 0 Å². The van der Waals surface area contributed by atoms with E-state index < -0.39 is 11.6 Å². The van der Waals surface area contributed by atoms with E-state index in [2.05, 4.69) is 11.4 Å². The minimum atomic E-state index is -0.517. The summed E-state index contributed by atoms with van der Waals surface area (Å²) in [5.41, 5.74) is 1.72. The first-order chi connectivity index (χ1) is 8.74. The number of anilines is 1. The maximum atomic E-state index is 12.9. The summed E-state index contributed by atoms with van der Waals surface area (Å²) >= 11 is 0. The Kier molecular flexibility index (Phi) is 4.29. The van der Waals surface area contributed by atoms with Gasteiger partial charge in [-0.1, -0.05) is 12.1 Å². The molecule has 0 unspecified atom stereocenters. The summed E-state index contributed by atoms with van der Waals surface area (Å²) in [6.07, 6.45) is 1.47. The lowest BCUT2D eigenvalue weighted by molar-refractivity contribution is 0.579. The van der Waals surface area contributed by atoms with Crippen molar-refractivity contribution >= 4 is 5.69 Å². The fraction of sp³-hybridized carbons (Fsp3) is 0.200. The standard InChI is InChI=1S/C15H14F2N/c16-13-9-12(10-14(17)11-13)5-4-8-18-15-6-2-1-3-7-15/h2-3,6-7,9-11,18H,4-5,8H2. The molecule has 0 spiro atoms. The molecule has 0 aliphatic heterocycles. The van der Waals surface area contributed by atoms with Gasteiger partial charge < -0.3 is 5.32 Å². The lowest BCUT2D eigenvalue weighted by Gasteiger charge is -2.06. The van der Waals surface area contributed by atoms with Crippen LogP contribution in [0.2, 0.25) is 0 Å². The van der Waals surface area contributed by atoms with Crippen molar-refractivity contribution < 1.29 is 8.78 Å². The molecule has 0 bridgehead atoms. The monoisotopic (exact) mass is 246 g/mol. The van der Waals surface area contributed by atoms with Crippen LogP contribution in [0.5, 0.6) is 0 Å². The highest BCUT2D eigenvalue weighted by molar-refractivity contribution is 5.41. The molecule has 0 atom stereocenters. The Morgan fingerprint density at radius 1 is 1.00 bits per heavy atom. The Balaban J connectivity index is 1.78. The first kappa shape index (κ1) is 12.6. The number of aryl methyl sites for hydroxylation is 1. The van der Waals surface area contributed by atoms with Gasteiger partial charge in [-0.05, 0) is 48.7 Å². The molecule has 2 aromatic rings. The third-order valence-electron chi connectivity index (χ3n) is 2.61. The molecule has 0 saturated carbocycles. The molecule has 1 N–H and O–H groups in total. The molecular formula is C15H14F2N. The van der Waals surface area contributed by atoms with Gasteiger partial charge in [-0.25, -0.2) is 8.78 Å². The zero-order valence-electron chi connectivity index (χ0n) is 9.92. The Hall–Kier alpha value is -1.90. The molecule has 0 heterocycles. The molecule has 93 valence electrons. The normalized spacial score (nSPS) is 10.3. The van der Waals surface area contributed by atoms with Crippen LogP contribution in [0.15, 0.2) is 42.5 Å². The van der Waals surface area contributed by atoms with E-state index in [1.54, 1.807) is 0 Å². The number of benzene rings is 2. The van der Waals surface area contributed by atoms with Gasteiger partial charge >= 0.3 is 0 Å². The number of hydrogen-bond acceptors (Lipinski definition) is 1. The lowest BCUT2D eigenvalue weighted by Crippen LogP contribution is -2.03. The van der Waals surface area contributed by atoms with Crippen LogP contribution >= 0.6 is 0 Å². The zero-order chi connectivity index (χ0) is 12.8. The highest BCUT2D eigenvalue weighted by Crippen LogP contribution is 2.10. The molecule has 0 aliphatic rings. The van der Waals surface area contributed by atoms with Crippen LogP contribution < -0.4 is 5.32 Å². The van der Waals surface area contributed by atoms with Gasteiger partial charge in [0.25, 0.3) is 0 Å². The highest BCUT2D eigenvalue weighted by Gasteiger charge is 2.00. The van der Waals surface area contributed by atoms with Gasteiger partial charge in [0, 0.05) is 18.3 Å². The molecule has 1 radical (unpaired) electrons. The molecule has 0 saturated heterocycles. The van der Waals surface area contributed by atoms with Gasteiger partial charge in [-0.15, -0.1) is 0 Å². The number of rotatable bonds is 5. The minimum Gasteiger partial charge on any atom is -0.385 e. The molecule has 18 heavy (non-hydrogen) atoms. The second-order valence-corrected chi connectivity index (χ2v) is 4.10. The van der Waals surface area contributed by atoms with Crippen molar-refractivity contribution in [2.75, 3.05) is 11.9 Å². The van der Waals surface area contributed by atoms with Crippen molar-refractivity contribution in [3.63, 3.8) is 0 Å². The summed E-state index contributed by atoms with van der Waals surface area (Å²) in [6.45, 7) is 0.766. The van der Waals surface area contributed by atoms with Crippen LogP contribution in [-0.2, 0) is 6.42 Å². The van der Waals surface area contributed by atoms with Gasteiger partial charge in [0.2, 0.25) is 0 Å². The van der Waals surface area contributed by atoms with Crippen LogP contribution in [0.1, 0.15) is 12.0 Å². The highest BCUT2D eigenvalue weighted by atomic mass is 19.1. The summed E-state index contributed by atoms with van der Waals surface area (Å²) in [6, 6.07) is 14.1. The average Bonchev–Trinajstić information content (AvgIpc) is 2.35. The fourth-order valence-electron chi connectivity index (χ4n) is 1.79. The quantitative estimate of drug-likeness (QED) is 0.791. The van der Waals surface area contributed by atoms with E-state index in [1.165, 1.54) is 12.1 Å². The maximum absolute atomic E-state index is 12.9. The van der Waals surface area contributed by atoms with Crippen molar-refractivity contribution in [1.82, 2.24) is 0 Å². The van der Waals surface area contributed by atoms with Crippen molar-refractivity contribution in [2.24, 2.45) is 0 Å². The smallest absolute Gasteiger partial charge is 0.126 e. The molecule has 3 heteroatoms. The molecule has 0 fully saturated rings. The SMILES string of the molecule is Fc1cc(F)cc(CCCNc2cc[c]cc2)c1. The summed E-state index contributed by atoms with van der Waals surface area (Å²) in [7, 11) is 0. The minimum absolute atomic E-state index is 0.517. The van der Waals surface area contributed by atoms with Crippen LogP contribution in [-0.4, -0.2) is 6.54 Å². The molecular weight excluding hydrogens is 232 g/mol. The van der Waals surface area contributed by atoms with Crippen molar-refractivity contribution in [2.45, 2.75) is 12.8 Å². The molecule has 0 aliphatic carbocycles. The summed E-state index contributed by atoms with van der Waals surface area (Å²) in [5.74, 6) is -1.03. The maximum Gasteiger partial charge on any atom is 0.126 e. The predicted molar refractivity (Wildman–Crippen MR) is 68.4 cm³/mol. The van der Waals surface area contributed by atoms with E-state index in [0.29, 0.717) is 12.0 Å². The van der Waals surface area contributed by atoms with E-state index in [9.17, 15) is 8.78 Å². The Labute approximate surface area is 105 Å². The first-order valence-corrected chi connectivity index (χ1v) is 5.89. The van der Waals surface area contributed by atoms with E-state index in [1.807, 2.05) is 24.3 Å². The Morgan fingerprint density at radius 3 is 2.33 bits per heavy atom. The second kappa shape index (κ2) is 6.15. The van der Waals surface area contributed by atoms with Gasteiger partial charge in [-0.3, -0.25) is 0 Å². The summed E-state index contributed by atoms with van der Waals surface area (Å²) in [5, 5.41) is 3.24. The molecule has 1 nitrogen and oxygen atoms in total. The van der Waals surface area contributed by atoms with E-state index in [-0.39, 0.29) is 0 Å². The van der Waals surface area contributed by atoms with Crippen molar-refractivity contribution in [3.05, 3.63) is 65.7 Å². The van der Waals surface area contributed by atoms with Gasteiger partial charge in [-0.2, -0.15) is 0 Å². The summed E-state index contributed by atoms with van der Waals surface area (Å²) < 4.78 is 25.9. The summed E-state index contributed by atoms with van der Waals surface area (Å²) in [4.78, 5) is 0. The van der Waals surface area contributed by atoms with E-state index in [4.69, 9.17) is 0 Å².